The molecule has 0 aromatic carbocycles. The molecule has 0 amide bonds. The number of carbonyl (C=O) groups excluding carboxylic acids is 1. The van der Waals surface area contributed by atoms with E-state index in [0.717, 1.165) is 12.1 Å². The highest BCUT2D eigenvalue weighted by atomic mass is 16.5. The van der Waals surface area contributed by atoms with Gasteiger partial charge in [-0.25, -0.2) is 4.79 Å². The van der Waals surface area contributed by atoms with E-state index in [4.69, 9.17) is 4.74 Å². The van der Waals surface area contributed by atoms with Crippen LogP contribution in [0.1, 0.15) is 19.3 Å². The SMILES string of the molecule is CN(C)CCOC(=O)C1=CC2CCC1C2. The lowest BCUT2D eigenvalue weighted by Crippen LogP contribution is -2.21. The average Bonchev–Trinajstić information content (AvgIpc) is 2.77. The first-order valence-electron chi connectivity index (χ1n) is 5.70. The Kier molecular flexibility index (Phi) is 3.10. The maximum absolute atomic E-state index is 11.7. The van der Waals surface area contributed by atoms with Crippen molar-refractivity contribution < 1.29 is 9.53 Å². The van der Waals surface area contributed by atoms with Gasteiger partial charge < -0.3 is 9.64 Å². The van der Waals surface area contributed by atoms with Crippen LogP contribution in [0.3, 0.4) is 0 Å². The number of hydrogen-bond acceptors (Lipinski definition) is 3. The normalized spacial score (nSPS) is 28.3. The molecular weight excluding hydrogens is 190 g/mol. The highest BCUT2D eigenvalue weighted by Crippen LogP contribution is 2.43. The van der Waals surface area contributed by atoms with Gasteiger partial charge >= 0.3 is 5.97 Å². The molecule has 0 radical (unpaired) electrons. The Bertz CT molecular complexity index is 283. The number of esters is 1. The molecule has 0 spiro atoms. The van der Waals surface area contributed by atoms with Gasteiger partial charge in [0.25, 0.3) is 0 Å². The molecule has 0 aromatic rings. The number of allylic oxidation sites excluding steroid dienone is 1. The van der Waals surface area contributed by atoms with Crippen LogP contribution in [0.15, 0.2) is 11.6 Å². The third-order valence-electron chi connectivity index (χ3n) is 3.34. The molecule has 1 saturated carbocycles. The van der Waals surface area contributed by atoms with Gasteiger partial charge in [0.2, 0.25) is 0 Å². The van der Waals surface area contributed by atoms with Crippen LogP contribution >= 0.6 is 0 Å². The Morgan fingerprint density at radius 3 is 2.87 bits per heavy atom. The molecule has 2 atom stereocenters. The van der Waals surface area contributed by atoms with E-state index >= 15 is 0 Å². The van der Waals surface area contributed by atoms with Gasteiger partial charge in [0, 0.05) is 12.1 Å². The second kappa shape index (κ2) is 4.35. The van der Waals surface area contributed by atoms with Gasteiger partial charge in [-0.1, -0.05) is 6.08 Å². The van der Waals surface area contributed by atoms with Gasteiger partial charge in [0.15, 0.2) is 0 Å². The van der Waals surface area contributed by atoms with E-state index in [9.17, 15) is 4.79 Å². The Hall–Kier alpha value is -0.830. The van der Waals surface area contributed by atoms with Crippen LogP contribution in [0.2, 0.25) is 0 Å². The van der Waals surface area contributed by atoms with E-state index < -0.39 is 0 Å². The standard InChI is InChI=1S/C12H19NO2/c1-13(2)5-6-15-12(14)11-8-9-3-4-10(11)7-9/h8-10H,3-7H2,1-2H3. The third-order valence-corrected chi connectivity index (χ3v) is 3.34. The summed E-state index contributed by atoms with van der Waals surface area (Å²) in [5.41, 5.74) is 0.949. The van der Waals surface area contributed by atoms with Crippen molar-refractivity contribution in [3.8, 4) is 0 Å². The zero-order valence-electron chi connectivity index (χ0n) is 9.53. The van der Waals surface area contributed by atoms with Crippen LogP contribution in [0.4, 0.5) is 0 Å². The molecule has 0 N–H and O–H groups in total. The fourth-order valence-electron chi connectivity index (χ4n) is 2.48. The number of likely N-dealkylation sites (N-methyl/N-ethyl adjacent to an activating group) is 1. The van der Waals surface area contributed by atoms with Crippen molar-refractivity contribution in [2.24, 2.45) is 11.8 Å². The van der Waals surface area contributed by atoms with Crippen LogP contribution in [-0.4, -0.2) is 38.1 Å². The Labute approximate surface area is 91.1 Å². The Morgan fingerprint density at radius 1 is 1.53 bits per heavy atom. The number of nitrogens with zero attached hydrogens (tertiary/aromatic N) is 1. The Morgan fingerprint density at radius 2 is 2.33 bits per heavy atom. The molecule has 0 aliphatic heterocycles. The molecule has 84 valence electrons. The van der Waals surface area contributed by atoms with Gasteiger partial charge in [-0.15, -0.1) is 0 Å². The smallest absolute Gasteiger partial charge is 0.334 e. The summed E-state index contributed by atoms with van der Waals surface area (Å²) in [4.78, 5) is 13.7. The summed E-state index contributed by atoms with van der Waals surface area (Å²) in [5, 5.41) is 0. The maximum Gasteiger partial charge on any atom is 0.334 e. The molecule has 2 aliphatic rings. The molecule has 0 saturated heterocycles. The summed E-state index contributed by atoms with van der Waals surface area (Å²) >= 11 is 0. The van der Waals surface area contributed by atoms with E-state index in [-0.39, 0.29) is 5.97 Å². The van der Waals surface area contributed by atoms with E-state index in [1.807, 2.05) is 19.0 Å². The minimum atomic E-state index is -0.0796. The van der Waals surface area contributed by atoms with Crippen molar-refractivity contribution >= 4 is 5.97 Å². The van der Waals surface area contributed by atoms with Crippen molar-refractivity contribution in [2.75, 3.05) is 27.2 Å². The van der Waals surface area contributed by atoms with Gasteiger partial charge in [-0.3, -0.25) is 0 Å². The summed E-state index contributed by atoms with van der Waals surface area (Å²) in [6, 6.07) is 0. The van der Waals surface area contributed by atoms with Crippen molar-refractivity contribution in [3.05, 3.63) is 11.6 Å². The number of rotatable bonds is 4. The molecule has 0 aromatic heterocycles. The fourth-order valence-corrected chi connectivity index (χ4v) is 2.48. The molecule has 0 heterocycles. The lowest BCUT2D eigenvalue weighted by atomic mass is 9.99. The zero-order valence-corrected chi connectivity index (χ0v) is 9.53. The first-order valence-corrected chi connectivity index (χ1v) is 5.70. The van der Waals surface area contributed by atoms with Crippen LogP contribution in [-0.2, 0) is 9.53 Å². The summed E-state index contributed by atoms with van der Waals surface area (Å²) in [7, 11) is 3.95. The molecule has 3 heteroatoms. The van der Waals surface area contributed by atoms with E-state index in [1.54, 1.807) is 0 Å². The molecule has 2 aliphatic carbocycles. The average molecular weight is 209 g/mol. The minimum absolute atomic E-state index is 0.0796. The summed E-state index contributed by atoms with van der Waals surface area (Å²) < 4.78 is 5.24. The van der Waals surface area contributed by atoms with Crippen LogP contribution in [0.25, 0.3) is 0 Å². The molecule has 2 unspecified atom stereocenters. The van der Waals surface area contributed by atoms with Crippen molar-refractivity contribution in [3.63, 3.8) is 0 Å². The fraction of sp³-hybridized carbons (Fsp3) is 0.750. The van der Waals surface area contributed by atoms with E-state index in [1.165, 1.54) is 19.3 Å². The zero-order chi connectivity index (χ0) is 10.8. The highest BCUT2D eigenvalue weighted by Gasteiger charge is 2.36. The number of fused-ring (bicyclic) bond motifs is 2. The first kappa shape index (κ1) is 10.7. The van der Waals surface area contributed by atoms with E-state index in [2.05, 4.69) is 6.08 Å². The highest BCUT2D eigenvalue weighted by molar-refractivity contribution is 5.89. The lowest BCUT2D eigenvalue weighted by molar-refractivity contribution is -0.139. The van der Waals surface area contributed by atoms with Gasteiger partial charge in [0.05, 0.1) is 0 Å². The second-order valence-corrected chi connectivity index (χ2v) is 4.83. The van der Waals surface area contributed by atoms with Gasteiger partial charge in [0.1, 0.15) is 6.61 Å². The molecule has 2 rings (SSSR count). The molecule has 2 bridgehead atoms. The van der Waals surface area contributed by atoms with Crippen molar-refractivity contribution in [1.82, 2.24) is 4.90 Å². The minimum Gasteiger partial charge on any atom is -0.461 e. The van der Waals surface area contributed by atoms with Crippen LogP contribution in [0.5, 0.6) is 0 Å². The molecular formula is C12H19NO2. The van der Waals surface area contributed by atoms with Crippen molar-refractivity contribution in [2.45, 2.75) is 19.3 Å². The van der Waals surface area contributed by atoms with E-state index in [0.29, 0.717) is 18.4 Å². The summed E-state index contributed by atoms with van der Waals surface area (Å²) in [5.74, 6) is 1.08. The first-order chi connectivity index (χ1) is 7.16. The van der Waals surface area contributed by atoms with Crippen LogP contribution < -0.4 is 0 Å². The largest absolute Gasteiger partial charge is 0.461 e. The summed E-state index contributed by atoms with van der Waals surface area (Å²) in [6.45, 7) is 1.30. The third kappa shape index (κ3) is 2.40. The second-order valence-electron chi connectivity index (χ2n) is 4.83. The van der Waals surface area contributed by atoms with Crippen LogP contribution in [0, 0.1) is 11.8 Å². The maximum atomic E-state index is 11.7. The number of ether oxygens (including phenoxy) is 1. The number of hydrogen-bond donors (Lipinski definition) is 0. The van der Waals surface area contributed by atoms with Gasteiger partial charge in [-0.05, 0) is 45.2 Å². The monoisotopic (exact) mass is 209 g/mol. The summed E-state index contributed by atoms with van der Waals surface area (Å²) in [6.07, 6.45) is 5.75. The molecule has 3 nitrogen and oxygen atoms in total. The predicted octanol–water partition coefficient (Wildman–Crippen LogP) is 1.45. The topological polar surface area (TPSA) is 29.5 Å². The predicted molar refractivity (Wildman–Crippen MR) is 58.4 cm³/mol. The Balaban J connectivity index is 1.79. The van der Waals surface area contributed by atoms with Gasteiger partial charge in [-0.2, -0.15) is 0 Å². The number of carbonyl (C=O) groups is 1. The van der Waals surface area contributed by atoms with Crippen molar-refractivity contribution in [1.29, 1.82) is 0 Å². The lowest BCUT2D eigenvalue weighted by Gasteiger charge is -2.14. The molecule has 15 heavy (non-hydrogen) atoms. The quantitative estimate of drug-likeness (QED) is 0.656. The molecule has 1 fully saturated rings.